The van der Waals surface area contributed by atoms with E-state index in [1.807, 2.05) is 18.2 Å². The van der Waals surface area contributed by atoms with E-state index in [2.05, 4.69) is 170 Å². The lowest BCUT2D eigenvalue weighted by molar-refractivity contribution is 1.23. The van der Waals surface area contributed by atoms with E-state index in [9.17, 15) is 0 Å². The lowest BCUT2D eigenvalue weighted by Crippen LogP contribution is -1.96. The van der Waals surface area contributed by atoms with Crippen LogP contribution in [0.4, 0.5) is 0 Å². The Morgan fingerprint density at radius 1 is 0.296 bits per heavy atom. The highest BCUT2D eigenvalue weighted by Crippen LogP contribution is 2.41. The van der Waals surface area contributed by atoms with E-state index in [-0.39, 0.29) is 0 Å². The quantitative estimate of drug-likeness (QED) is 0.173. The molecule has 0 N–H and O–H groups in total. The third-order valence-electron chi connectivity index (χ3n) is 10.8. The average Bonchev–Trinajstić information content (AvgIpc) is 3.25. The fraction of sp³-hybridized carbons (Fsp3) is 0. The molecule has 0 bridgehead atoms. The van der Waals surface area contributed by atoms with Gasteiger partial charge in [0.25, 0.3) is 0 Å². The van der Waals surface area contributed by atoms with Crippen molar-refractivity contribution in [3.63, 3.8) is 0 Å². The van der Waals surface area contributed by atoms with Gasteiger partial charge in [0.2, 0.25) is 0 Å². The van der Waals surface area contributed by atoms with E-state index in [0.29, 0.717) is 5.82 Å². The van der Waals surface area contributed by atoms with Crippen molar-refractivity contribution in [2.24, 2.45) is 0 Å². The molecular formula is C51H31N3. The molecule has 11 rings (SSSR count). The zero-order chi connectivity index (χ0) is 35.6. The van der Waals surface area contributed by atoms with Crippen LogP contribution in [0.15, 0.2) is 188 Å². The first-order valence-corrected chi connectivity index (χ1v) is 18.4. The second-order valence-electron chi connectivity index (χ2n) is 14.0. The van der Waals surface area contributed by atoms with Gasteiger partial charge in [-0.25, -0.2) is 15.0 Å². The minimum atomic E-state index is 0.701. The Labute approximate surface area is 311 Å². The Bertz CT molecular complexity index is 3260. The maximum Gasteiger partial charge on any atom is 0.160 e. The van der Waals surface area contributed by atoms with Gasteiger partial charge >= 0.3 is 0 Å². The van der Waals surface area contributed by atoms with Crippen LogP contribution in [0.3, 0.4) is 0 Å². The average molecular weight is 686 g/mol. The predicted molar refractivity (Wildman–Crippen MR) is 227 cm³/mol. The number of aromatic nitrogens is 3. The molecule has 0 fully saturated rings. The molecule has 0 atom stereocenters. The molecule has 0 saturated carbocycles. The predicted octanol–water partition coefficient (Wildman–Crippen LogP) is 13.5. The van der Waals surface area contributed by atoms with Gasteiger partial charge in [-0.1, -0.05) is 176 Å². The molecule has 0 radical (unpaired) electrons. The number of rotatable bonds is 4. The van der Waals surface area contributed by atoms with Crippen molar-refractivity contribution < 1.29 is 0 Å². The SMILES string of the molecule is c1ccc(-c2nc(-c3ccc(-c4nc5c(-c6ccc7ccc8ccccc8c7c6)cccc5c5c4ccc4ccccc45)cc3)nc3ccccc23)cc1. The highest BCUT2D eigenvalue weighted by atomic mass is 14.9. The summed E-state index contributed by atoms with van der Waals surface area (Å²) < 4.78 is 0. The summed E-state index contributed by atoms with van der Waals surface area (Å²) in [5, 5.41) is 11.9. The monoisotopic (exact) mass is 685 g/mol. The van der Waals surface area contributed by atoms with Gasteiger partial charge in [0, 0.05) is 43.8 Å². The number of nitrogens with zero attached hydrogens (tertiary/aromatic N) is 3. The molecule has 0 unspecified atom stereocenters. The molecule has 3 nitrogen and oxygen atoms in total. The molecule has 9 aromatic carbocycles. The summed E-state index contributed by atoms with van der Waals surface area (Å²) in [7, 11) is 0. The molecule has 250 valence electrons. The molecular weight excluding hydrogens is 655 g/mol. The van der Waals surface area contributed by atoms with Gasteiger partial charge in [0.15, 0.2) is 5.82 Å². The number of fused-ring (bicyclic) bond motifs is 9. The van der Waals surface area contributed by atoms with Crippen LogP contribution in [0.5, 0.6) is 0 Å². The van der Waals surface area contributed by atoms with Gasteiger partial charge in [0.1, 0.15) is 0 Å². The number of para-hydroxylation sites is 2. The van der Waals surface area contributed by atoms with Crippen molar-refractivity contribution in [3.8, 4) is 45.0 Å². The molecule has 0 aliphatic rings. The van der Waals surface area contributed by atoms with E-state index in [0.717, 1.165) is 66.4 Å². The lowest BCUT2D eigenvalue weighted by atomic mass is 9.91. The molecule has 3 heteroatoms. The normalized spacial score (nSPS) is 11.7. The summed E-state index contributed by atoms with van der Waals surface area (Å²) in [6.45, 7) is 0. The van der Waals surface area contributed by atoms with Crippen LogP contribution >= 0.6 is 0 Å². The van der Waals surface area contributed by atoms with Crippen LogP contribution in [0.2, 0.25) is 0 Å². The van der Waals surface area contributed by atoms with Crippen LogP contribution in [0, 0.1) is 0 Å². The first kappa shape index (κ1) is 30.4. The summed E-state index contributed by atoms with van der Waals surface area (Å²) >= 11 is 0. The Morgan fingerprint density at radius 2 is 0.870 bits per heavy atom. The standard InChI is InChI=1S/C51H31N3/c1-2-13-35(14-3-1)48-42-17-8-9-20-46(42)52-51(54-48)37-26-24-36(25-27-37)49-44-30-29-33-12-5-7-16-40(33)47(44)43-19-10-18-41(50(43)53-49)38-28-23-34-22-21-32-11-4-6-15-39(32)45(34)31-38/h1-31H. The maximum atomic E-state index is 5.57. The Morgan fingerprint density at radius 3 is 1.70 bits per heavy atom. The van der Waals surface area contributed by atoms with E-state index in [1.54, 1.807) is 0 Å². The van der Waals surface area contributed by atoms with Gasteiger partial charge in [-0.3, -0.25) is 0 Å². The van der Waals surface area contributed by atoms with Crippen LogP contribution in [0.1, 0.15) is 0 Å². The van der Waals surface area contributed by atoms with E-state index < -0.39 is 0 Å². The number of benzene rings is 9. The second-order valence-corrected chi connectivity index (χ2v) is 14.0. The van der Waals surface area contributed by atoms with Crippen molar-refractivity contribution in [2.75, 3.05) is 0 Å². The van der Waals surface area contributed by atoms with Crippen molar-refractivity contribution >= 4 is 64.9 Å². The molecule has 2 heterocycles. The zero-order valence-corrected chi connectivity index (χ0v) is 29.2. The van der Waals surface area contributed by atoms with Gasteiger partial charge < -0.3 is 0 Å². The van der Waals surface area contributed by atoms with E-state index in [4.69, 9.17) is 15.0 Å². The third-order valence-corrected chi connectivity index (χ3v) is 10.8. The summed E-state index contributed by atoms with van der Waals surface area (Å²) in [5.41, 5.74) is 9.16. The second kappa shape index (κ2) is 12.2. The molecule has 11 aromatic rings. The summed E-state index contributed by atoms with van der Waals surface area (Å²) in [6, 6.07) is 66.8. The van der Waals surface area contributed by atoms with Crippen LogP contribution in [-0.4, -0.2) is 15.0 Å². The van der Waals surface area contributed by atoms with Crippen molar-refractivity contribution in [2.45, 2.75) is 0 Å². The minimum absolute atomic E-state index is 0.701. The first-order chi connectivity index (χ1) is 26.8. The number of pyridine rings is 1. The van der Waals surface area contributed by atoms with Crippen molar-refractivity contribution in [1.29, 1.82) is 0 Å². The zero-order valence-electron chi connectivity index (χ0n) is 29.2. The number of hydrogen-bond donors (Lipinski definition) is 0. The lowest BCUT2D eigenvalue weighted by Gasteiger charge is -2.16. The van der Waals surface area contributed by atoms with Crippen molar-refractivity contribution in [1.82, 2.24) is 15.0 Å². The van der Waals surface area contributed by atoms with Crippen molar-refractivity contribution in [3.05, 3.63) is 188 Å². The van der Waals surface area contributed by atoms with Crippen LogP contribution in [-0.2, 0) is 0 Å². The summed E-state index contributed by atoms with van der Waals surface area (Å²) in [4.78, 5) is 15.7. The molecule has 0 spiro atoms. The van der Waals surface area contributed by atoms with E-state index in [1.165, 1.54) is 37.7 Å². The maximum absolute atomic E-state index is 5.57. The molecule has 0 aliphatic heterocycles. The fourth-order valence-electron chi connectivity index (χ4n) is 8.22. The molecule has 0 saturated heterocycles. The highest BCUT2D eigenvalue weighted by Gasteiger charge is 2.18. The van der Waals surface area contributed by atoms with Crippen LogP contribution < -0.4 is 0 Å². The largest absolute Gasteiger partial charge is 0.246 e. The molecule has 2 aromatic heterocycles. The highest BCUT2D eigenvalue weighted by molar-refractivity contribution is 6.24. The minimum Gasteiger partial charge on any atom is -0.246 e. The van der Waals surface area contributed by atoms with E-state index >= 15 is 0 Å². The summed E-state index contributed by atoms with van der Waals surface area (Å²) in [6.07, 6.45) is 0. The number of hydrogen-bond acceptors (Lipinski definition) is 3. The van der Waals surface area contributed by atoms with Gasteiger partial charge in [-0.2, -0.15) is 0 Å². The molecule has 0 amide bonds. The summed E-state index contributed by atoms with van der Waals surface area (Å²) in [5.74, 6) is 0.701. The van der Waals surface area contributed by atoms with Crippen LogP contribution in [0.25, 0.3) is 110 Å². The fourth-order valence-corrected chi connectivity index (χ4v) is 8.22. The molecule has 0 aliphatic carbocycles. The van der Waals surface area contributed by atoms with Gasteiger partial charge in [-0.05, 0) is 50.0 Å². The Balaban J connectivity index is 1.12. The molecule has 54 heavy (non-hydrogen) atoms. The van der Waals surface area contributed by atoms with Gasteiger partial charge in [0.05, 0.1) is 22.4 Å². The first-order valence-electron chi connectivity index (χ1n) is 18.4. The smallest absolute Gasteiger partial charge is 0.160 e. The third kappa shape index (κ3) is 4.87. The topological polar surface area (TPSA) is 38.7 Å². The van der Waals surface area contributed by atoms with Gasteiger partial charge in [-0.15, -0.1) is 0 Å². The Kier molecular flexibility index (Phi) is 6.86. The Hall–Kier alpha value is -7.23.